The number of aryl methyl sites for hydroxylation is 1. The lowest BCUT2D eigenvalue weighted by Gasteiger charge is -2.23. The molecule has 13 heterocycles. The van der Waals surface area contributed by atoms with E-state index in [2.05, 4.69) is 342 Å². The molecule has 8 aromatic heterocycles. The minimum absolute atomic E-state index is 0. The van der Waals surface area contributed by atoms with Gasteiger partial charge in [-0.15, -0.1) is 22.7 Å². The zero-order chi connectivity index (χ0) is 102. The summed E-state index contributed by atoms with van der Waals surface area (Å²) in [7, 11) is 0. The molecule has 4 amide bonds. The third-order valence-electron chi connectivity index (χ3n) is 23.6. The quantitative estimate of drug-likeness (QED) is 0.0700. The number of nitrogens with one attached hydrogen (secondary N) is 8. The lowest BCUT2D eigenvalue weighted by molar-refractivity contribution is -0.116. The van der Waals surface area contributed by atoms with Crippen LogP contribution in [0.4, 0.5) is 17.2 Å². The number of imidazole rings is 1. The molecular weight excluding hydrogens is 1900 g/mol. The van der Waals surface area contributed by atoms with Crippen LogP contribution in [0.5, 0.6) is 11.5 Å². The molecule has 25 heteroatoms. The number of anilines is 3. The number of hydrogen-bond acceptors (Lipinski definition) is 17. The second kappa shape index (κ2) is 53.1. The summed E-state index contributed by atoms with van der Waals surface area (Å²) in [4.78, 5) is 107. The molecule has 0 saturated carbocycles. The van der Waals surface area contributed by atoms with E-state index < -0.39 is 5.76 Å². The van der Waals surface area contributed by atoms with Crippen LogP contribution in [0.25, 0.3) is 52.7 Å². The van der Waals surface area contributed by atoms with E-state index in [-0.39, 0.29) is 163 Å². The van der Waals surface area contributed by atoms with Crippen LogP contribution in [-0.4, -0.2) is 70.3 Å². The molecule has 0 unspecified atom stereocenters. The molecule has 5 aliphatic rings. The smallest absolute Gasteiger partial charge is 0.417 e. The molecule has 0 bridgehead atoms. The first-order valence-corrected chi connectivity index (χ1v) is 49.5. The number of carbonyl (C=O) groups excluding carboxylic acids is 4. The van der Waals surface area contributed by atoms with E-state index >= 15 is 0 Å². The number of H-pyrrole nitrogens is 4. The molecule has 22 nitrogen and oxygen atoms in total. The minimum Gasteiger partial charge on any atom is -0.454 e. The van der Waals surface area contributed by atoms with Gasteiger partial charge in [0.05, 0.1) is 59.5 Å². The number of thiazole rings is 2. The minimum atomic E-state index is -0.397. The highest BCUT2D eigenvalue weighted by atomic mass is 32.1. The van der Waals surface area contributed by atoms with Gasteiger partial charge in [-0.1, -0.05) is 354 Å². The Morgan fingerprint density at radius 3 is 1.34 bits per heavy atom. The van der Waals surface area contributed by atoms with Crippen molar-refractivity contribution in [2.75, 3.05) is 22.7 Å². The van der Waals surface area contributed by atoms with Crippen molar-refractivity contribution < 1.29 is 33.1 Å². The average molecular weight is 2080 g/mol. The first-order valence-electron chi connectivity index (χ1n) is 47.0. The Hall–Kier alpha value is -12.5. The number of aromatic nitrogens is 8. The van der Waals surface area contributed by atoms with Crippen LogP contribution in [-0.2, 0) is 94.3 Å². The van der Waals surface area contributed by atoms with E-state index in [1.54, 1.807) is 17.5 Å². The van der Waals surface area contributed by atoms with Crippen molar-refractivity contribution >= 4 is 127 Å². The van der Waals surface area contributed by atoms with Crippen molar-refractivity contribution in [3.8, 4) is 11.5 Å². The molecule has 148 heavy (non-hydrogen) atoms. The zero-order valence-corrected chi connectivity index (χ0v) is 88.6. The normalized spacial score (nSPS) is 12.8. The number of rotatable bonds is 0. The van der Waals surface area contributed by atoms with E-state index in [1.807, 2.05) is 115 Å². The van der Waals surface area contributed by atoms with Gasteiger partial charge in [-0.3, -0.25) is 38.9 Å². The molecular formula is C123H180N12O10S3. The molecule has 0 atom stereocenters. The Morgan fingerprint density at radius 1 is 0.331 bits per heavy atom. The van der Waals surface area contributed by atoms with E-state index in [1.165, 1.54) is 80.5 Å². The molecule has 0 radical (unpaired) electrons. The number of benzene rings is 7. The maximum absolute atomic E-state index is 11.3. The van der Waals surface area contributed by atoms with Gasteiger partial charge in [0.25, 0.3) is 5.91 Å². The highest BCUT2D eigenvalue weighted by Gasteiger charge is 2.29. The molecule has 5 aliphatic heterocycles. The summed E-state index contributed by atoms with van der Waals surface area (Å²) < 4.78 is 19.1. The zero-order valence-electron chi connectivity index (χ0n) is 86.2. The van der Waals surface area contributed by atoms with Crippen molar-refractivity contribution in [1.29, 1.82) is 0 Å². The lowest BCUT2D eigenvalue weighted by atomic mass is 9.85. The maximum atomic E-state index is 11.3. The van der Waals surface area contributed by atoms with Gasteiger partial charge in [0.15, 0.2) is 17.1 Å². The number of nitrogens with zero attached hydrogens (tertiary/aromatic N) is 4. The van der Waals surface area contributed by atoms with Crippen LogP contribution >= 0.6 is 34.0 Å². The Balaban J connectivity index is 0.000000816. The predicted octanol–water partition coefficient (Wildman–Crippen LogP) is 32.6. The fraction of sp³-hybridized carbons (Fsp3) is 0.455. The number of pyridine rings is 3. The Morgan fingerprint density at radius 2 is 0.784 bits per heavy atom. The third-order valence-corrected chi connectivity index (χ3v) is 27.4. The number of thiophene rings is 1. The number of oxazole rings is 1. The summed E-state index contributed by atoms with van der Waals surface area (Å²) in [6, 6.07) is 51.1. The van der Waals surface area contributed by atoms with Crippen molar-refractivity contribution in [2.24, 2.45) is 0 Å². The van der Waals surface area contributed by atoms with E-state index in [0.717, 1.165) is 95.2 Å². The summed E-state index contributed by atoms with van der Waals surface area (Å²) in [5.74, 6) is 2.38. The Bertz CT molecular complexity index is 6620. The van der Waals surface area contributed by atoms with E-state index in [0.29, 0.717) is 38.2 Å². The van der Waals surface area contributed by atoms with E-state index in [9.17, 15) is 33.6 Å². The average Bonchev–Trinajstić information content (AvgIpc) is 1.35. The lowest BCUT2D eigenvalue weighted by Crippen LogP contribution is -2.20. The van der Waals surface area contributed by atoms with E-state index in [4.69, 9.17) is 13.9 Å². The number of hydrogen-bond donors (Lipinski definition) is 8. The first-order chi connectivity index (χ1) is 64.0. The Kier molecular flexibility index (Phi) is 47.9. The van der Waals surface area contributed by atoms with Crippen LogP contribution in [0, 0.1) is 0 Å². The predicted molar refractivity (Wildman–Crippen MR) is 638 cm³/mol. The summed E-state index contributed by atoms with van der Waals surface area (Å²) >= 11 is 4.84. The van der Waals surface area contributed by atoms with Crippen LogP contribution in [0.15, 0.2) is 201 Å². The molecule has 0 aliphatic carbocycles. The van der Waals surface area contributed by atoms with Crippen molar-refractivity contribution in [3.63, 3.8) is 0 Å². The first kappa shape index (κ1) is 134. The molecule has 810 valence electrons. The number of aromatic amines is 4. The summed E-state index contributed by atoms with van der Waals surface area (Å²) in [6.45, 7) is 66.3. The van der Waals surface area contributed by atoms with Crippen molar-refractivity contribution in [2.45, 2.75) is 368 Å². The summed E-state index contributed by atoms with van der Waals surface area (Å²) in [5, 5.41) is 13.8. The van der Waals surface area contributed by atoms with Crippen LogP contribution in [0.1, 0.15) is 375 Å². The molecule has 20 rings (SSSR count). The van der Waals surface area contributed by atoms with Gasteiger partial charge in [-0.2, -0.15) is 0 Å². The molecule has 15 aromatic rings. The summed E-state index contributed by atoms with van der Waals surface area (Å²) in [6.07, 6.45) is 11.8. The van der Waals surface area contributed by atoms with Gasteiger partial charge in [-0.05, 0) is 213 Å². The van der Waals surface area contributed by atoms with Crippen molar-refractivity contribution in [1.82, 2.24) is 45.2 Å². The van der Waals surface area contributed by atoms with Crippen LogP contribution < -0.4 is 47.1 Å². The second-order valence-corrected chi connectivity index (χ2v) is 48.9. The maximum Gasteiger partial charge on any atom is 0.417 e. The SMILES string of the molecule is C.C.C.C.C.C.C.C.C.C.CC(C)(C)c1cc2ccncc2s1.CC(C)(C)c1ccc2[nH]c(=O)[nH]c2c1.CC(C)(C)c1ccc2[nH]c(=O)oc2c1.CC(C)(C)c1ccc2[nH]c(=O)sc2c1.CC(C)(C)c1ccc2c(c1)CC(=O)N2.CC(C)(C)c1ccc2c(c1)CCC(=O)N2.CC(C)(C)c1ccc2c(c1)CNC2=O.CC(C)(C)c1ccc2c(c1)OCO2.CC(C)(C)c1cnc2c(c1)CC(=O)N2.CC(C)(C)c1nc2ccncc2s1. The molecule has 7 aromatic carbocycles. The highest BCUT2D eigenvalue weighted by molar-refractivity contribution is 7.19. The van der Waals surface area contributed by atoms with Gasteiger partial charge >= 0.3 is 16.3 Å². The number of ether oxygens (including phenoxy) is 2. The molecule has 0 saturated heterocycles. The van der Waals surface area contributed by atoms with Crippen molar-refractivity contribution in [3.05, 3.63) is 296 Å². The fourth-order valence-corrected chi connectivity index (χ4v) is 17.7. The van der Waals surface area contributed by atoms with Gasteiger partial charge in [0, 0.05) is 76.7 Å². The monoisotopic (exact) mass is 2080 g/mol. The number of amides is 4. The Labute approximate surface area is 897 Å². The van der Waals surface area contributed by atoms with Crippen LogP contribution in [0.3, 0.4) is 0 Å². The number of carbonyl (C=O) groups is 4. The largest absolute Gasteiger partial charge is 0.454 e. The van der Waals surface area contributed by atoms with Gasteiger partial charge in [-0.25, -0.2) is 19.6 Å². The molecule has 0 fully saturated rings. The highest BCUT2D eigenvalue weighted by Crippen LogP contribution is 2.40. The molecule has 0 spiro atoms. The second-order valence-electron chi connectivity index (χ2n) is 45.8. The third kappa shape index (κ3) is 36.5. The van der Waals surface area contributed by atoms with Gasteiger partial charge in [0.2, 0.25) is 24.5 Å². The van der Waals surface area contributed by atoms with Gasteiger partial charge in [0.1, 0.15) is 5.82 Å². The number of fused-ring (bicyclic) bond motifs is 10. The molecule has 8 N–H and O–H groups in total. The fourth-order valence-electron chi connectivity index (χ4n) is 14.8. The standard InChI is InChI=1S/C13H17NO.2C12H15NO.2C11H14N2O.C11H13NO2.C11H13NOS.C11H13NS.C11H14O2.C10H12N2S.10CH4/c1-13(2,3)10-5-6-11-9(8-10)4-7-12(15)14-11;1-12(2,3)9-4-5-10-8(6-9)7-13-11(10)14;1-12(2,3)9-4-5-10-8(6-9)7-11(14)13-10;1-11(2,3)8-4-7-5-9(14)13-10(7)12-6-8;1-11(2,3)7-4-5-8-9(6-7)13-10(14)12-8;2*1-11(2,3)7-4-5-8-9(6-7)14-10(13)12-8;1-11(2,3)10-6-8-4-5-12-7-9(8)13-10;1-11(2,3)8-4-5-9-10(6-8)13-7-12-9;1-10(2,3)9-12-7-4-5-11-6-8(7)13-9;;;;;;;;;;/h5-6,8H,4,7H2,1-3H3,(H,14,15);2*4-6H,7H2,1-3H3,(H,13,14);4,6H,5H2,1-3H3,(H,12,13,14);4-6H,1-3H3,(H2,12,13,14);2*4-6H,1-3H3,(H,12,13);4-7H,1-3H3;4-6H,7H2,1-3H3;4-6H,1-3H3;10*1H4. The van der Waals surface area contributed by atoms with Gasteiger partial charge < -0.3 is 50.1 Å². The van der Waals surface area contributed by atoms with Crippen LogP contribution in [0.2, 0.25) is 0 Å². The topological polar surface area (TPSA) is 314 Å². The summed E-state index contributed by atoms with van der Waals surface area (Å²) in [5.41, 5.74) is 23.8.